The average Bonchev–Trinajstić information content (AvgIpc) is 2.38. The summed E-state index contributed by atoms with van der Waals surface area (Å²) in [5.41, 5.74) is -0.662. The average molecular weight is 223 g/mol. The summed E-state index contributed by atoms with van der Waals surface area (Å²) in [6, 6.07) is 0. The Morgan fingerprint density at radius 3 is 2.38 bits per heavy atom. The van der Waals surface area contributed by atoms with Crippen LogP contribution < -0.4 is 0 Å². The van der Waals surface area contributed by atoms with E-state index in [1.54, 1.807) is 20.8 Å². The van der Waals surface area contributed by atoms with E-state index in [0.717, 1.165) is 6.08 Å². The third-order valence-electron chi connectivity index (χ3n) is 1.75. The minimum absolute atomic E-state index is 0.0934. The zero-order chi connectivity index (χ0) is 12.5. The van der Waals surface area contributed by atoms with Gasteiger partial charge in [0.1, 0.15) is 5.60 Å². The van der Waals surface area contributed by atoms with Crippen LogP contribution in [0.15, 0.2) is 24.3 Å². The summed E-state index contributed by atoms with van der Waals surface area (Å²) in [5, 5.41) is 0. The highest BCUT2D eigenvalue weighted by molar-refractivity contribution is 6.24. The Labute approximate surface area is 93.4 Å². The molecule has 86 valence electrons. The Kier molecular flexibility index (Phi) is 2.98. The van der Waals surface area contributed by atoms with Gasteiger partial charge >= 0.3 is 6.09 Å². The van der Waals surface area contributed by atoms with Crippen LogP contribution in [0.3, 0.4) is 0 Å². The highest BCUT2D eigenvalue weighted by Crippen LogP contribution is 2.17. The number of imide groups is 3. The molecule has 0 N–H and O–H groups in total. The first-order chi connectivity index (χ1) is 7.26. The number of amides is 3. The highest BCUT2D eigenvalue weighted by atomic mass is 16.6. The molecule has 0 spiro atoms. The van der Waals surface area contributed by atoms with Gasteiger partial charge in [0.25, 0.3) is 11.8 Å². The topological polar surface area (TPSA) is 63.7 Å². The van der Waals surface area contributed by atoms with Crippen molar-refractivity contribution >= 4 is 17.9 Å². The maximum absolute atomic E-state index is 11.5. The van der Waals surface area contributed by atoms with Gasteiger partial charge in [0.15, 0.2) is 0 Å². The van der Waals surface area contributed by atoms with Crippen LogP contribution >= 0.6 is 0 Å². The molecule has 1 aliphatic rings. The Balaban J connectivity index is 2.85. The van der Waals surface area contributed by atoms with E-state index in [1.165, 1.54) is 6.08 Å². The molecule has 0 fully saturated rings. The van der Waals surface area contributed by atoms with E-state index in [-0.39, 0.29) is 5.57 Å². The van der Waals surface area contributed by atoms with Gasteiger partial charge in [-0.1, -0.05) is 12.7 Å². The normalized spacial score (nSPS) is 16.2. The lowest BCUT2D eigenvalue weighted by Crippen LogP contribution is -2.41. The second kappa shape index (κ2) is 3.92. The maximum atomic E-state index is 11.5. The molecule has 0 atom stereocenters. The van der Waals surface area contributed by atoms with Gasteiger partial charge < -0.3 is 4.74 Å². The molecular formula is C11H13NO4. The fraction of sp³-hybridized carbons (Fsp3) is 0.364. The van der Waals surface area contributed by atoms with Crippen LogP contribution in [0.2, 0.25) is 0 Å². The van der Waals surface area contributed by atoms with E-state index in [9.17, 15) is 14.4 Å². The molecule has 1 rings (SSSR count). The van der Waals surface area contributed by atoms with Crippen LogP contribution in [0.1, 0.15) is 20.8 Å². The van der Waals surface area contributed by atoms with Crippen molar-refractivity contribution in [3.8, 4) is 0 Å². The molecule has 16 heavy (non-hydrogen) atoms. The Morgan fingerprint density at radius 1 is 1.44 bits per heavy atom. The fourth-order valence-electron chi connectivity index (χ4n) is 1.12. The third-order valence-corrected chi connectivity index (χ3v) is 1.75. The lowest BCUT2D eigenvalue weighted by molar-refractivity contribution is -0.135. The first kappa shape index (κ1) is 12.2. The van der Waals surface area contributed by atoms with E-state index < -0.39 is 23.5 Å². The van der Waals surface area contributed by atoms with Crippen molar-refractivity contribution in [1.82, 2.24) is 4.90 Å². The zero-order valence-electron chi connectivity index (χ0n) is 9.44. The van der Waals surface area contributed by atoms with Crippen molar-refractivity contribution in [3.05, 3.63) is 24.3 Å². The lowest BCUT2D eigenvalue weighted by Gasteiger charge is -2.22. The van der Waals surface area contributed by atoms with Crippen molar-refractivity contribution in [2.75, 3.05) is 0 Å². The molecule has 0 aromatic heterocycles. The van der Waals surface area contributed by atoms with E-state index in [0.29, 0.717) is 4.90 Å². The van der Waals surface area contributed by atoms with Gasteiger partial charge in [0, 0.05) is 11.6 Å². The lowest BCUT2D eigenvalue weighted by atomic mass is 10.2. The minimum Gasteiger partial charge on any atom is -0.443 e. The smallest absolute Gasteiger partial charge is 0.424 e. The summed E-state index contributed by atoms with van der Waals surface area (Å²) < 4.78 is 4.93. The van der Waals surface area contributed by atoms with Gasteiger partial charge in [0.2, 0.25) is 0 Å². The van der Waals surface area contributed by atoms with Gasteiger partial charge in [-0.25, -0.2) is 4.79 Å². The molecule has 5 nitrogen and oxygen atoms in total. The van der Waals surface area contributed by atoms with E-state index in [1.807, 2.05) is 0 Å². The molecule has 0 aliphatic carbocycles. The van der Waals surface area contributed by atoms with Crippen LogP contribution in [0.4, 0.5) is 4.79 Å². The van der Waals surface area contributed by atoms with Crippen molar-refractivity contribution in [1.29, 1.82) is 0 Å². The number of carbonyl (C=O) groups is 3. The number of carbonyl (C=O) groups excluding carboxylic acids is 3. The summed E-state index contributed by atoms with van der Waals surface area (Å²) in [6.07, 6.45) is 1.32. The van der Waals surface area contributed by atoms with Crippen LogP contribution in [-0.2, 0) is 14.3 Å². The predicted molar refractivity (Wildman–Crippen MR) is 56.4 cm³/mol. The van der Waals surface area contributed by atoms with Crippen molar-refractivity contribution in [2.45, 2.75) is 26.4 Å². The van der Waals surface area contributed by atoms with Crippen LogP contribution in [0.5, 0.6) is 0 Å². The summed E-state index contributed by atoms with van der Waals surface area (Å²) in [6.45, 7) is 8.33. The number of nitrogens with zero attached hydrogens (tertiary/aromatic N) is 1. The van der Waals surface area contributed by atoms with Crippen molar-refractivity contribution in [2.24, 2.45) is 0 Å². The SMILES string of the molecule is C=CC1=CC(=O)N(C(=O)OC(C)(C)C)C1=O. The summed E-state index contributed by atoms with van der Waals surface area (Å²) in [4.78, 5) is 34.9. The fourth-order valence-corrected chi connectivity index (χ4v) is 1.12. The van der Waals surface area contributed by atoms with Gasteiger partial charge in [-0.05, 0) is 20.8 Å². The molecule has 5 heteroatoms. The zero-order valence-corrected chi connectivity index (χ0v) is 9.44. The second-order valence-corrected chi connectivity index (χ2v) is 4.26. The minimum atomic E-state index is -0.962. The van der Waals surface area contributed by atoms with Gasteiger partial charge in [-0.15, -0.1) is 0 Å². The number of hydrogen-bond donors (Lipinski definition) is 0. The molecular weight excluding hydrogens is 210 g/mol. The molecule has 0 radical (unpaired) electrons. The number of ether oxygens (including phenoxy) is 1. The standard InChI is InChI=1S/C11H13NO4/c1-5-7-6-8(13)12(9(7)14)10(15)16-11(2,3)4/h5-6H,1H2,2-4H3. The molecule has 0 saturated carbocycles. The molecule has 0 aromatic carbocycles. The molecule has 0 aromatic rings. The predicted octanol–water partition coefficient (Wildman–Crippen LogP) is 1.40. The van der Waals surface area contributed by atoms with Crippen LogP contribution in [-0.4, -0.2) is 28.4 Å². The quantitative estimate of drug-likeness (QED) is 0.630. The van der Waals surface area contributed by atoms with Crippen molar-refractivity contribution in [3.63, 3.8) is 0 Å². The largest absolute Gasteiger partial charge is 0.443 e. The van der Waals surface area contributed by atoms with Crippen LogP contribution in [0, 0.1) is 0 Å². The Morgan fingerprint density at radius 2 is 2.00 bits per heavy atom. The summed E-state index contributed by atoms with van der Waals surface area (Å²) in [5.74, 6) is -1.40. The highest BCUT2D eigenvalue weighted by Gasteiger charge is 2.37. The van der Waals surface area contributed by atoms with Gasteiger partial charge in [-0.3, -0.25) is 9.59 Å². The van der Waals surface area contributed by atoms with Crippen LogP contribution in [0.25, 0.3) is 0 Å². The van der Waals surface area contributed by atoms with Gasteiger partial charge in [0.05, 0.1) is 0 Å². The Bertz CT molecular complexity index is 401. The van der Waals surface area contributed by atoms with E-state index >= 15 is 0 Å². The summed E-state index contributed by atoms with van der Waals surface area (Å²) >= 11 is 0. The molecule has 1 aliphatic heterocycles. The first-order valence-corrected chi connectivity index (χ1v) is 4.72. The number of rotatable bonds is 1. The van der Waals surface area contributed by atoms with Gasteiger partial charge in [-0.2, -0.15) is 4.90 Å². The Hall–Kier alpha value is -1.91. The summed E-state index contributed by atoms with van der Waals surface area (Å²) in [7, 11) is 0. The second-order valence-electron chi connectivity index (χ2n) is 4.26. The van der Waals surface area contributed by atoms with E-state index in [4.69, 9.17) is 4.74 Å². The van der Waals surface area contributed by atoms with Crippen molar-refractivity contribution < 1.29 is 19.1 Å². The number of hydrogen-bond acceptors (Lipinski definition) is 4. The first-order valence-electron chi connectivity index (χ1n) is 4.72. The molecule has 3 amide bonds. The third kappa shape index (κ3) is 2.36. The maximum Gasteiger partial charge on any atom is 0.424 e. The molecule has 0 bridgehead atoms. The molecule has 0 saturated heterocycles. The molecule has 0 unspecified atom stereocenters. The monoisotopic (exact) mass is 223 g/mol. The van der Waals surface area contributed by atoms with E-state index in [2.05, 4.69) is 6.58 Å². The molecule has 1 heterocycles.